The molecule has 0 saturated carbocycles. The number of carbonyl (C=O) groups is 1. The largest absolute Gasteiger partial charge is 0.412 e. The van der Waals surface area contributed by atoms with E-state index in [0.29, 0.717) is 0 Å². The van der Waals surface area contributed by atoms with Crippen molar-refractivity contribution in [2.75, 3.05) is 0 Å². The average molecular weight is 226 g/mol. The lowest BCUT2D eigenvalue weighted by atomic mass is 9.81. The molecule has 86 valence electrons. The Morgan fingerprint density at radius 3 is 2.47 bits per heavy atom. The van der Waals surface area contributed by atoms with Gasteiger partial charge in [-0.05, 0) is 52.4 Å². The van der Waals surface area contributed by atoms with E-state index >= 15 is 0 Å². The lowest BCUT2D eigenvalue weighted by Crippen LogP contribution is -2.46. The van der Waals surface area contributed by atoms with E-state index in [2.05, 4.69) is 19.6 Å². The molecule has 3 heteroatoms. The summed E-state index contributed by atoms with van der Waals surface area (Å²) in [7, 11) is -1.58. The molecule has 0 amide bonds. The van der Waals surface area contributed by atoms with Gasteiger partial charge in [0, 0.05) is 5.92 Å². The first kappa shape index (κ1) is 12.7. The molecule has 0 bridgehead atoms. The number of hydrogen-bond acceptors (Lipinski definition) is 2. The molecule has 1 atom stereocenters. The molecule has 0 aromatic rings. The van der Waals surface area contributed by atoms with Crippen LogP contribution < -0.4 is 0 Å². The molecule has 0 radical (unpaired) electrons. The van der Waals surface area contributed by atoms with E-state index in [1.54, 1.807) is 6.08 Å². The Morgan fingerprint density at radius 1 is 1.40 bits per heavy atom. The Morgan fingerprint density at radius 2 is 2.00 bits per heavy atom. The SMILES string of the molecule is CC(C)(O[Si](C)(C)C)C1CCC=CC1=O. The van der Waals surface area contributed by atoms with Crippen molar-refractivity contribution in [3.63, 3.8) is 0 Å². The third-order valence-corrected chi connectivity index (χ3v) is 3.79. The van der Waals surface area contributed by atoms with Gasteiger partial charge >= 0.3 is 0 Å². The minimum atomic E-state index is -1.58. The average Bonchev–Trinajstić information content (AvgIpc) is 1.99. The Labute approximate surface area is 93.8 Å². The van der Waals surface area contributed by atoms with Gasteiger partial charge in [0.05, 0.1) is 5.60 Å². The maximum atomic E-state index is 11.8. The zero-order chi connectivity index (χ0) is 11.7. The molecular formula is C12H22O2Si. The predicted octanol–water partition coefficient (Wildman–Crippen LogP) is 3.15. The molecule has 1 unspecified atom stereocenters. The summed E-state index contributed by atoms with van der Waals surface area (Å²) in [6, 6.07) is 0. The Kier molecular flexibility index (Phi) is 3.56. The van der Waals surface area contributed by atoms with Crippen LogP contribution in [0.5, 0.6) is 0 Å². The summed E-state index contributed by atoms with van der Waals surface area (Å²) >= 11 is 0. The lowest BCUT2D eigenvalue weighted by Gasteiger charge is -2.39. The van der Waals surface area contributed by atoms with Gasteiger partial charge in [0.25, 0.3) is 0 Å². The summed E-state index contributed by atoms with van der Waals surface area (Å²) in [4.78, 5) is 11.8. The van der Waals surface area contributed by atoms with Crippen molar-refractivity contribution in [3.05, 3.63) is 12.2 Å². The number of carbonyl (C=O) groups excluding carboxylic acids is 1. The standard InChI is InChI=1S/C12H22O2Si/c1-12(2,14-15(3,4)5)10-8-6-7-9-11(10)13/h7,9-10H,6,8H2,1-5H3. The summed E-state index contributed by atoms with van der Waals surface area (Å²) in [5.41, 5.74) is -0.313. The monoisotopic (exact) mass is 226 g/mol. The summed E-state index contributed by atoms with van der Waals surface area (Å²) in [5.74, 6) is 0.263. The first-order chi connectivity index (χ1) is 6.72. The fourth-order valence-corrected chi connectivity index (χ4v) is 3.99. The Bertz CT molecular complexity index is 274. The second-order valence-electron chi connectivity index (χ2n) is 5.75. The van der Waals surface area contributed by atoms with Gasteiger partial charge in [-0.3, -0.25) is 4.79 Å². The molecule has 0 saturated heterocycles. The number of ketones is 1. The zero-order valence-electron chi connectivity index (χ0n) is 10.5. The molecule has 15 heavy (non-hydrogen) atoms. The summed E-state index contributed by atoms with van der Waals surface area (Å²) in [5, 5.41) is 0. The highest BCUT2D eigenvalue weighted by atomic mass is 28.4. The molecule has 0 N–H and O–H groups in total. The highest BCUT2D eigenvalue weighted by molar-refractivity contribution is 6.69. The van der Waals surface area contributed by atoms with E-state index in [0.717, 1.165) is 12.8 Å². The first-order valence-corrected chi connectivity index (χ1v) is 9.04. The van der Waals surface area contributed by atoms with Crippen molar-refractivity contribution in [2.24, 2.45) is 5.92 Å². The van der Waals surface area contributed by atoms with Crippen molar-refractivity contribution in [2.45, 2.75) is 51.9 Å². The van der Waals surface area contributed by atoms with Crippen LogP contribution in [-0.4, -0.2) is 19.7 Å². The van der Waals surface area contributed by atoms with E-state index in [9.17, 15) is 4.79 Å². The van der Waals surface area contributed by atoms with E-state index in [1.807, 2.05) is 19.9 Å². The van der Waals surface area contributed by atoms with Crippen molar-refractivity contribution in [1.82, 2.24) is 0 Å². The highest BCUT2D eigenvalue weighted by Crippen LogP contribution is 2.32. The fraction of sp³-hybridized carbons (Fsp3) is 0.750. The summed E-state index contributed by atoms with van der Waals surface area (Å²) in [6.45, 7) is 10.6. The predicted molar refractivity (Wildman–Crippen MR) is 65.4 cm³/mol. The van der Waals surface area contributed by atoms with Crippen LogP contribution in [0.4, 0.5) is 0 Å². The maximum Gasteiger partial charge on any atom is 0.184 e. The third kappa shape index (κ3) is 3.58. The van der Waals surface area contributed by atoms with Crippen LogP contribution >= 0.6 is 0 Å². The number of allylic oxidation sites excluding steroid dienone is 2. The fourth-order valence-electron chi connectivity index (χ4n) is 2.27. The molecule has 0 aliphatic heterocycles. The Hall–Kier alpha value is -0.413. The van der Waals surface area contributed by atoms with Crippen molar-refractivity contribution in [3.8, 4) is 0 Å². The van der Waals surface area contributed by atoms with Crippen molar-refractivity contribution in [1.29, 1.82) is 0 Å². The normalized spacial score (nSPS) is 23.3. The molecule has 2 nitrogen and oxygen atoms in total. The Balaban J connectivity index is 2.76. The van der Waals surface area contributed by atoms with Gasteiger partial charge < -0.3 is 4.43 Å². The first-order valence-electron chi connectivity index (χ1n) is 5.63. The topological polar surface area (TPSA) is 26.3 Å². The molecule has 1 aliphatic carbocycles. The van der Waals surface area contributed by atoms with Gasteiger partial charge in [-0.2, -0.15) is 0 Å². The molecule has 0 aromatic heterocycles. The lowest BCUT2D eigenvalue weighted by molar-refractivity contribution is -0.125. The van der Waals surface area contributed by atoms with Gasteiger partial charge in [0.2, 0.25) is 0 Å². The van der Waals surface area contributed by atoms with E-state index in [-0.39, 0.29) is 17.3 Å². The van der Waals surface area contributed by atoms with Crippen LogP contribution in [-0.2, 0) is 9.22 Å². The van der Waals surface area contributed by atoms with Crippen molar-refractivity contribution < 1.29 is 9.22 Å². The summed E-state index contributed by atoms with van der Waals surface area (Å²) < 4.78 is 6.12. The highest BCUT2D eigenvalue weighted by Gasteiger charge is 2.38. The second-order valence-corrected chi connectivity index (χ2v) is 10.2. The van der Waals surface area contributed by atoms with Crippen LogP contribution in [0.15, 0.2) is 12.2 Å². The van der Waals surface area contributed by atoms with Crippen LogP contribution in [0, 0.1) is 5.92 Å². The van der Waals surface area contributed by atoms with Crippen LogP contribution in [0.25, 0.3) is 0 Å². The number of hydrogen-bond donors (Lipinski definition) is 0. The van der Waals surface area contributed by atoms with E-state index < -0.39 is 8.32 Å². The van der Waals surface area contributed by atoms with Gasteiger partial charge in [-0.25, -0.2) is 0 Å². The zero-order valence-corrected chi connectivity index (χ0v) is 11.5. The summed E-state index contributed by atoms with van der Waals surface area (Å²) in [6.07, 6.45) is 5.59. The maximum absolute atomic E-state index is 11.8. The molecular weight excluding hydrogens is 204 g/mol. The molecule has 0 spiro atoms. The molecule has 0 aromatic carbocycles. The minimum Gasteiger partial charge on any atom is -0.412 e. The van der Waals surface area contributed by atoms with Crippen LogP contribution in [0.3, 0.4) is 0 Å². The van der Waals surface area contributed by atoms with Crippen molar-refractivity contribution >= 4 is 14.1 Å². The number of rotatable bonds is 3. The molecule has 1 rings (SSSR count). The van der Waals surface area contributed by atoms with Crippen LogP contribution in [0.1, 0.15) is 26.7 Å². The third-order valence-electron chi connectivity index (χ3n) is 2.66. The van der Waals surface area contributed by atoms with Gasteiger partial charge in [-0.15, -0.1) is 0 Å². The molecule has 1 aliphatic rings. The van der Waals surface area contributed by atoms with Gasteiger partial charge in [-0.1, -0.05) is 6.08 Å². The molecule has 0 heterocycles. The minimum absolute atomic E-state index is 0.0363. The van der Waals surface area contributed by atoms with Crippen LogP contribution in [0.2, 0.25) is 19.6 Å². The van der Waals surface area contributed by atoms with Gasteiger partial charge in [0.1, 0.15) is 0 Å². The van der Waals surface area contributed by atoms with E-state index in [4.69, 9.17) is 4.43 Å². The smallest absolute Gasteiger partial charge is 0.184 e. The van der Waals surface area contributed by atoms with E-state index in [1.165, 1.54) is 0 Å². The molecule has 0 fully saturated rings. The van der Waals surface area contributed by atoms with Gasteiger partial charge in [0.15, 0.2) is 14.1 Å². The second kappa shape index (κ2) is 4.22. The quantitative estimate of drug-likeness (QED) is 0.691.